The van der Waals surface area contributed by atoms with Gasteiger partial charge in [-0.1, -0.05) is 23.7 Å². The van der Waals surface area contributed by atoms with Crippen molar-refractivity contribution in [1.29, 1.82) is 0 Å². The van der Waals surface area contributed by atoms with E-state index in [0.717, 1.165) is 11.1 Å². The minimum atomic E-state index is -1.29. The second kappa shape index (κ2) is 7.26. The van der Waals surface area contributed by atoms with Gasteiger partial charge in [0.05, 0.1) is 6.10 Å². The van der Waals surface area contributed by atoms with Crippen molar-refractivity contribution in [1.82, 2.24) is 5.32 Å². The van der Waals surface area contributed by atoms with Crippen molar-refractivity contribution in [2.75, 3.05) is 0 Å². The Balaban J connectivity index is 2.54. The van der Waals surface area contributed by atoms with Crippen LogP contribution in [0, 0.1) is 6.92 Å². The predicted molar refractivity (Wildman–Crippen MR) is 75.8 cm³/mol. The van der Waals surface area contributed by atoms with E-state index in [9.17, 15) is 14.7 Å². The van der Waals surface area contributed by atoms with E-state index in [2.05, 4.69) is 5.32 Å². The summed E-state index contributed by atoms with van der Waals surface area (Å²) in [5, 5.41) is 21.0. The van der Waals surface area contributed by atoms with Crippen LogP contribution in [0.3, 0.4) is 0 Å². The van der Waals surface area contributed by atoms with Gasteiger partial charge in [0.2, 0.25) is 5.91 Å². The molecule has 110 valence electrons. The number of nitrogens with one attached hydrogen (secondary N) is 1. The summed E-state index contributed by atoms with van der Waals surface area (Å²) >= 11 is 5.99. The van der Waals surface area contributed by atoms with Crippen LogP contribution in [-0.2, 0) is 16.0 Å². The number of rotatable bonds is 6. The van der Waals surface area contributed by atoms with Gasteiger partial charge in [0, 0.05) is 11.4 Å². The second-order valence-electron chi connectivity index (χ2n) is 4.71. The number of benzene rings is 1. The maximum atomic E-state index is 11.7. The molecule has 0 bridgehead atoms. The zero-order chi connectivity index (χ0) is 15.3. The van der Waals surface area contributed by atoms with E-state index in [0.29, 0.717) is 11.4 Å². The monoisotopic (exact) mass is 299 g/mol. The van der Waals surface area contributed by atoms with E-state index in [4.69, 9.17) is 16.7 Å². The lowest BCUT2D eigenvalue weighted by atomic mass is 10.1. The largest absolute Gasteiger partial charge is 0.480 e. The number of hydrogen-bond donors (Lipinski definition) is 3. The molecule has 1 aromatic rings. The third-order valence-corrected chi connectivity index (χ3v) is 3.35. The summed E-state index contributed by atoms with van der Waals surface area (Å²) in [5.41, 5.74) is 1.86. The topological polar surface area (TPSA) is 86.6 Å². The Morgan fingerprint density at radius 2 is 2.05 bits per heavy atom. The summed E-state index contributed by atoms with van der Waals surface area (Å²) in [6.45, 7) is 3.21. The average Bonchev–Trinajstić information content (AvgIpc) is 2.36. The number of aryl methyl sites for hydroxylation is 2. The number of carbonyl (C=O) groups is 2. The van der Waals surface area contributed by atoms with Gasteiger partial charge in [0.1, 0.15) is 0 Å². The Morgan fingerprint density at radius 1 is 1.40 bits per heavy atom. The molecule has 0 aromatic heterocycles. The summed E-state index contributed by atoms with van der Waals surface area (Å²) in [6.07, 6.45) is -0.557. The van der Waals surface area contributed by atoms with Crippen molar-refractivity contribution in [2.45, 2.75) is 38.8 Å². The number of carboxylic acid groups (broad SMARTS) is 1. The van der Waals surface area contributed by atoms with Crippen molar-refractivity contribution in [3.05, 3.63) is 34.3 Å². The van der Waals surface area contributed by atoms with Crippen LogP contribution in [0.5, 0.6) is 0 Å². The molecule has 2 atom stereocenters. The molecule has 0 aliphatic carbocycles. The molecule has 5 nitrogen and oxygen atoms in total. The molecule has 0 saturated carbocycles. The molecule has 6 heteroatoms. The van der Waals surface area contributed by atoms with Crippen molar-refractivity contribution >= 4 is 23.5 Å². The van der Waals surface area contributed by atoms with Crippen LogP contribution >= 0.6 is 11.6 Å². The SMILES string of the molecule is Cc1ccc(CCC(=O)NC(C(=O)O)C(C)O)cc1Cl. The van der Waals surface area contributed by atoms with Crippen LogP contribution in [0.15, 0.2) is 18.2 Å². The Kier molecular flexibility index (Phi) is 5.98. The number of aliphatic carboxylic acids is 1. The molecule has 0 heterocycles. The first-order chi connectivity index (χ1) is 9.31. The molecular weight excluding hydrogens is 282 g/mol. The molecule has 0 fully saturated rings. The third-order valence-electron chi connectivity index (χ3n) is 2.94. The maximum absolute atomic E-state index is 11.7. The molecule has 0 saturated heterocycles. The number of amides is 1. The number of carboxylic acids is 1. The number of carbonyl (C=O) groups excluding carboxylic acids is 1. The van der Waals surface area contributed by atoms with Gasteiger partial charge < -0.3 is 15.5 Å². The molecule has 0 aliphatic rings. The van der Waals surface area contributed by atoms with Crippen LogP contribution in [0.1, 0.15) is 24.5 Å². The van der Waals surface area contributed by atoms with Crippen LogP contribution in [0.25, 0.3) is 0 Å². The number of aliphatic hydroxyl groups is 1. The Morgan fingerprint density at radius 3 is 2.55 bits per heavy atom. The smallest absolute Gasteiger partial charge is 0.328 e. The van der Waals surface area contributed by atoms with Gasteiger partial charge in [-0.2, -0.15) is 0 Å². The van der Waals surface area contributed by atoms with Crippen LogP contribution in [-0.4, -0.2) is 34.2 Å². The summed E-state index contributed by atoms with van der Waals surface area (Å²) < 4.78 is 0. The molecule has 1 amide bonds. The van der Waals surface area contributed by atoms with E-state index < -0.39 is 24.0 Å². The van der Waals surface area contributed by atoms with Crippen molar-refractivity contribution in [2.24, 2.45) is 0 Å². The molecular formula is C14H18ClNO4. The lowest BCUT2D eigenvalue weighted by Crippen LogP contribution is -2.47. The highest BCUT2D eigenvalue weighted by molar-refractivity contribution is 6.31. The first-order valence-electron chi connectivity index (χ1n) is 6.26. The zero-order valence-corrected chi connectivity index (χ0v) is 12.1. The predicted octanol–water partition coefficient (Wildman–Crippen LogP) is 1.53. The fourth-order valence-corrected chi connectivity index (χ4v) is 1.89. The summed E-state index contributed by atoms with van der Waals surface area (Å²) in [7, 11) is 0. The lowest BCUT2D eigenvalue weighted by Gasteiger charge is -2.17. The van der Waals surface area contributed by atoms with Gasteiger partial charge in [0.25, 0.3) is 0 Å². The van der Waals surface area contributed by atoms with Gasteiger partial charge in [0.15, 0.2) is 6.04 Å². The summed E-state index contributed by atoms with van der Waals surface area (Å²) in [6, 6.07) is 4.24. The molecule has 3 N–H and O–H groups in total. The molecule has 20 heavy (non-hydrogen) atoms. The van der Waals surface area contributed by atoms with Crippen LogP contribution in [0.4, 0.5) is 0 Å². The third kappa shape index (κ3) is 4.83. The number of halogens is 1. The Hall–Kier alpha value is -1.59. The van der Waals surface area contributed by atoms with Crippen molar-refractivity contribution in [3.8, 4) is 0 Å². The minimum Gasteiger partial charge on any atom is -0.480 e. The molecule has 0 radical (unpaired) electrons. The summed E-state index contributed by atoms with van der Waals surface area (Å²) in [4.78, 5) is 22.5. The van der Waals surface area contributed by atoms with Gasteiger partial charge in [-0.25, -0.2) is 4.79 Å². The molecule has 1 rings (SSSR count). The molecule has 0 aliphatic heterocycles. The van der Waals surface area contributed by atoms with E-state index >= 15 is 0 Å². The fraction of sp³-hybridized carbons (Fsp3) is 0.429. The molecule has 2 unspecified atom stereocenters. The van der Waals surface area contributed by atoms with Crippen molar-refractivity contribution in [3.63, 3.8) is 0 Å². The van der Waals surface area contributed by atoms with E-state index in [-0.39, 0.29) is 6.42 Å². The highest BCUT2D eigenvalue weighted by Gasteiger charge is 2.24. The first kappa shape index (κ1) is 16.5. The summed E-state index contributed by atoms with van der Waals surface area (Å²) in [5.74, 6) is -1.68. The second-order valence-corrected chi connectivity index (χ2v) is 5.11. The fourth-order valence-electron chi connectivity index (χ4n) is 1.68. The van der Waals surface area contributed by atoms with E-state index in [1.807, 2.05) is 19.1 Å². The zero-order valence-electron chi connectivity index (χ0n) is 11.4. The van der Waals surface area contributed by atoms with E-state index in [1.54, 1.807) is 6.07 Å². The van der Waals surface area contributed by atoms with Gasteiger partial charge in [-0.15, -0.1) is 0 Å². The van der Waals surface area contributed by atoms with Gasteiger partial charge >= 0.3 is 5.97 Å². The quantitative estimate of drug-likeness (QED) is 0.743. The van der Waals surface area contributed by atoms with Crippen LogP contribution in [0.2, 0.25) is 5.02 Å². The minimum absolute atomic E-state index is 0.135. The first-order valence-corrected chi connectivity index (χ1v) is 6.64. The van der Waals surface area contributed by atoms with Gasteiger partial charge in [-0.05, 0) is 37.5 Å². The lowest BCUT2D eigenvalue weighted by molar-refractivity contribution is -0.144. The standard InChI is InChI=1S/C14H18ClNO4/c1-8-3-4-10(7-11(8)15)5-6-12(18)16-13(9(2)17)14(19)20/h3-4,7,9,13,17H,5-6H2,1-2H3,(H,16,18)(H,19,20). The van der Waals surface area contributed by atoms with Crippen molar-refractivity contribution < 1.29 is 19.8 Å². The van der Waals surface area contributed by atoms with E-state index in [1.165, 1.54) is 6.92 Å². The number of hydrogen-bond acceptors (Lipinski definition) is 3. The number of aliphatic hydroxyl groups excluding tert-OH is 1. The Bertz CT molecular complexity index is 502. The molecule has 1 aromatic carbocycles. The van der Waals surface area contributed by atoms with Crippen LogP contribution < -0.4 is 5.32 Å². The Labute approximate surface area is 122 Å². The molecule has 0 spiro atoms. The highest BCUT2D eigenvalue weighted by atomic mass is 35.5. The average molecular weight is 300 g/mol. The highest BCUT2D eigenvalue weighted by Crippen LogP contribution is 2.17. The maximum Gasteiger partial charge on any atom is 0.328 e. The normalized spacial score (nSPS) is 13.6. The van der Waals surface area contributed by atoms with Gasteiger partial charge in [-0.3, -0.25) is 4.79 Å².